The zero-order chi connectivity index (χ0) is 37.7. The number of hydrogen-bond donors (Lipinski definition) is 5. The molecule has 4 amide bonds. The van der Waals surface area contributed by atoms with Crippen LogP contribution < -0.4 is 79.8 Å². The first-order valence-corrected chi connectivity index (χ1v) is 19.1. The number of carbonyl (C=O) groups is 3. The third kappa shape index (κ3) is 17.8. The van der Waals surface area contributed by atoms with Gasteiger partial charge < -0.3 is 45.8 Å². The fourth-order valence-electron chi connectivity index (χ4n) is 6.47. The quantitative estimate of drug-likeness (QED) is 0.0548. The number of hydrogen-bond acceptors (Lipinski definition) is 7. The second-order valence-corrected chi connectivity index (χ2v) is 14.7. The summed E-state index contributed by atoms with van der Waals surface area (Å²) in [4.78, 5) is 60.9. The normalized spacial score (nSPS) is 14.8. The molecule has 290 valence electrons. The molecule has 0 aliphatic carbocycles. The molecule has 17 heteroatoms. The molecular formula is C38H55CaN4Na2O9P. The van der Waals surface area contributed by atoms with Gasteiger partial charge >= 0.3 is 111 Å². The minimum Gasteiger partial charge on any atom is -1.00 e. The SMILES string of the molecule is Cc1cccc(C)c1OCC(=O)N[C@@H](Cc1ccccc1)[C@H](C[C@@H](Cc1ccccc1)NC(=O)[C@H](C(C)C)N1CCCNC1=O)OCOP(=O)(O)O.[Ca+2].[H-].[H-].[H-].[H-].[Na+].[Na+]. The number of phosphoric acid groups is 1. The van der Waals surface area contributed by atoms with Crippen LogP contribution in [-0.4, -0.2) is 121 Å². The minimum atomic E-state index is -4.90. The summed E-state index contributed by atoms with van der Waals surface area (Å²) < 4.78 is 28.4. The van der Waals surface area contributed by atoms with E-state index in [-0.39, 0.29) is 140 Å². The van der Waals surface area contributed by atoms with E-state index in [4.69, 9.17) is 14.0 Å². The molecule has 0 bridgehead atoms. The van der Waals surface area contributed by atoms with Crippen molar-refractivity contribution < 1.29 is 108 Å². The Balaban J connectivity index is -0.00000216. The van der Waals surface area contributed by atoms with Gasteiger partial charge in [-0.1, -0.05) is 92.7 Å². The van der Waals surface area contributed by atoms with Crippen molar-refractivity contribution in [3.05, 3.63) is 101 Å². The van der Waals surface area contributed by atoms with Crippen LogP contribution in [0, 0.1) is 19.8 Å². The predicted octanol–water partition coefficient (Wildman–Crippen LogP) is -1.50. The number of nitrogens with zero attached hydrogens (tertiary/aromatic N) is 1. The van der Waals surface area contributed by atoms with E-state index in [0.29, 0.717) is 31.7 Å². The van der Waals surface area contributed by atoms with Crippen molar-refractivity contribution in [3.8, 4) is 5.75 Å². The van der Waals surface area contributed by atoms with E-state index in [1.54, 1.807) is 4.90 Å². The molecule has 5 N–H and O–H groups in total. The molecule has 55 heavy (non-hydrogen) atoms. The molecule has 3 aromatic rings. The summed E-state index contributed by atoms with van der Waals surface area (Å²) in [5, 5.41) is 9.02. The van der Waals surface area contributed by atoms with Crippen molar-refractivity contribution in [2.24, 2.45) is 5.92 Å². The summed E-state index contributed by atoms with van der Waals surface area (Å²) in [7, 11) is -4.90. The van der Waals surface area contributed by atoms with E-state index >= 15 is 0 Å². The Morgan fingerprint density at radius 3 is 2.04 bits per heavy atom. The third-order valence-corrected chi connectivity index (χ3v) is 9.33. The van der Waals surface area contributed by atoms with Crippen molar-refractivity contribution >= 4 is 63.4 Å². The van der Waals surface area contributed by atoms with Crippen LogP contribution in [0.4, 0.5) is 4.79 Å². The predicted molar refractivity (Wildman–Crippen MR) is 207 cm³/mol. The van der Waals surface area contributed by atoms with Crippen molar-refractivity contribution in [2.45, 2.75) is 77.6 Å². The van der Waals surface area contributed by atoms with Gasteiger partial charge in [0.1, 0.15) is 11.8 Å². The van der Waals surface area contributed by atoms with Gasteiger partial charge in [0, 0.05) is 19.1 Å². The van der Waals surface area contributed by atoms with Crippen LogP contribution in [0.1, 0.15) is 54.6 Å². The van der Waals surface area contributed by atoms with Gasteiger partial charge in [-0.05, 0) is 67.7 Å². The monoisotopic (exact) mass is 828 g/mol. The number of carbonyl (C=O) groups excluding carboxylic acids is 3. The number of aryl methyl sites for hydroxylation is 2. The maximum absolute atomic E-state index is 14.1. The molecule has 0 unspecified atom stereocenters. The van der Waals surface area contributed by atoms with E-state index in [1.165, 1.54) is 0 Å². The maximum atomic E-state index is 14.1. The standard InChI is InChI=1S/C38H51N4O9P.Ca.2Na.4H/c1-26(2)35(42-20-12-19-39-38(42)45)37(44)40-31(21-29-15-7-5-8-16-29)23-33(50-25-51-52(46,47)48)32(22-30-17-9-6-10-18-30)41-34(43)24-49-36-27(3)13-11-14-28(36)4;;;;;;;/h5-11,13-18,26,31-33,35H,12,19-25H2,1-4H3,(H,39,45)(H,40,44)(H,41,43)(H2,46,47,48);;;;;;;/q;+2;2*+1;4*-1/t31-,32+,33+,35+;;;;;;;/m1......./s1. The summed E-state index contributed by atoms with van der Waals surface area (Å²) in [6.45, 7) is 7.47. The van der Waals surface area contributed by atoms with Gasteiger partial charge in [0.05, 0.1) is 12.1 Å². The number of ether oxygens (including phenoxy) is 2. The maximum Gasteiger partial charge on any atom is 2.00 e. The van der Waals surface area contributed by atoms with E-state index in [0.717, 1.165) is 22.3 Å². The fraction of sp³-hybridized carbons (Fsp3) is 0.447. The summed E-state index contributed by atoms with van der Waals surface area (Å²) in [6, 6.07) is 22.2. The molecule has 4 rings (SSSR count). The molecule has 0 saturated carbocycles. The van der Waals surface area contributed by atoms with Crippen LogP contribution in [0.25, 0.3) is 0 Å². The minimum absolute atomic E-state index is 0. The molecular weight excluding hydrogens is 773 g/mol. The van der Waals surface area contributed by atoms with Crippen LogP contribution in [0.3, 0.4) is 0 Å². The summed E-state index contributed by atoms with van der Waals surface area (Å²) in [5.41, 5.74) is 3.55. The van der Waals surface area contributed by atoms with Crippen LogP contribution >= 0.6 is 7.82 Å². The molecule has 1 fully saturated rings. The average Bonchev–Trinajstić information content (AvgIpc) is 3.08. The van der Waals surface area contributed by atoms with Crippen molar-refractivity contribution in [1.29, 1.82) is 0 Å². The molecule has 4 atom stereocenters. The molecule has 0 aromatic heterocycles. The van der Waals surface area contributed by atoms with Gasteiger partial charge in [-0.2, -0.15) is 0 Å². The molecule has 1 saturated heterocycles. The molecule has 0 spiro atoms. The average molecular weight is 829 g/mol. The zero-order valence-corrected chi connectivity index (χ0v) is 40.0. The number of benzene rings is 3. The first-order chi connectivity index (χ1) is 24.8. The Kier molecular flexibility index (Phi) is 24.8. The second-order valence-electron chi connectivity index (χ2n) is 13.4. The van der Waals surface area contributed by atoms with E-state index in [1.807, 2.05) is 107 Å². The van der Waals surface area contributed by atoms with Gasteiger partial charge in [0.2, 0.25) is 5.91 Å². The smallest absolute Gasteiger partial charge is 1.00 e. The number of amides is 4. The van der Waals surface area contributed by atoms with Gasteiger partial charge in [0.15, 0.2) is 13.4 Å². The first-order valence-electron chi connectivity index (χ1n) is 17.5. The number of urea groups is 1. The van der Waals surface area contributed by atoms with Gasteiger partial charge in [0.25, 0.3) is 5.91 Å². The van der Waals surface area contributed by atoms with Crippen LogP contribution in [-0.2, 0) is 36.3 Å². The molecule has 0 radical (unpaired) electrons. The van der Waals surface area contributed by atoms with Gasteiger partial charge in [-0.25, -0.2) is 9.36 Å². The fourth-order valence-corrected chi connectivity index (χ4v) is 6.67. The number of rotatable bonds is 19. The van der Waals surface area contributed by atoms with Gasteiger partial charge in [-0.15, -0.1) is 0 Å². The van der Waals surface area contributed by atoms with Crippen molar-refractivity contribution in [2.75, 3.05) is 26.5 Å². The Morgan fingerprint density at radius 1 is 0.909 bits per heavy atom. The Hall–Kier alpha value is -1.00. The molecule has 1 aliphatic rings. The Bertz CT molecular complexity index is 1680. The van der Waals surface area contributed by atoms with E-state index < -0.39 is 44.8 Å². The summed E-state index contributed by atoms with van der Waals surface area (Å²) >= 11 is 0. The van der Waals surface area contributed by atoms with Crippen LogP contribution in [0.2, 0.25) is 0 Å². The van der Waals surface area contributed by atoms with Crippen LogP contribution in [0.15, 0.2) is 78.9 Å². The van der Waals surface area contributed by atoms with Crippen molar-refractivity contribution in [3.63, 3.8) is 0 Å². The third-order valence-electron chi connectivity index (χ3n) is 8.89. The summed E-state index contributed by atoms with van der Waals surface area (Å²) in [5.74, 6) is -0.378. The first kappa shape index (κ1) is 52.0. The molecule has 1 heterocycles. The second kappa shape index (κ2) is 26.2. The van der Waals surface area contributed by atoms with E-state index in [2.05, 4.69) is 16.0 Å². The Labute approximate surface area is 404 Å². The molecule has 3 aromatic carbocycles. The topological polar surface area (TPSA) is 176 Å². The van der Waals surface area contributed by atoms with Gasteiger partial charge in [-0.3, -0.25) is 14.1 Å². The van der Waals surface area contributed by atoms with Crippen LogP contribution in [0.5, 0.6) is 5.75 Å². The molecule has 1 aliphatic heterocycles. The Morgan fingerprint density at radius 2 is 1.49 bits per heavy atom. The largest absolute Gasteiger partial charge is 2.00 e. The number of phosphoric ester groups is 1. The van der Waals surface area contributed by atoms with Crippen molar-refractivity contribution in [1.82, 2.24) is 20.9 Å². The van der Waals surface area contributed by atoms with E-state index in [9.17, 15) is 28.7 Å². The number of para-hydroxylation sites is 1. The summed E-state index contributed by atoms with van der Waals surface area (Å²) in [6.07, 6.45) is 0.549. The zero-order valence-electron chi connectivity index (χ0n) is 36.9. The number of nitrogens with one attached hydrogen (secondary N) is 3. The molecule has 13 nitrogen and oxygen atoms in total.